The maximum atomic E-state index is 13.0. The van der Waals surface area contributed by atoms with Gasteiger partial charge in [-0.05, 0) is 86.1 Å². The van der Waals surface area contributed by atoms with Gasteiger partial charge in [-0.1, -0.05) is 53.5 Å². The first-order chi connectivity index (χ1) is 16.2. The molecule has 1 aliphatic heterocycles. The summed E-state index contributed by atoms with van der Waals surface area (Å²) in [6.45, 7) is 2.18. The Morgan fingerprint density at radius 2 is 1.68 bits per heavy atom. The zero-order valence-electron chi connectivity index (χ0n) is 18.9. The number of nitrogens with zero attached hydrogens (tertiary/aromatic N) is 1. The summed E-state index contributed by atoms with van der Waals surface area (Å²) in [6.07, 6.45) is 3.63. The highest BCUT2D eigenvalue weighted by Crippen LogP contribution is 2.35. The molecule has 1 aliphatic rings. The Labute approximate surface area is 215 Å². The number of Topliss-reactive ketones (excluding diaryl/α,β-unsaturated/α-hetero) is 1. The van der Waals surface area contributed by atoms with Crippen LogP contribution in [0.1, 0.15) is 29.3 Å². The average Bonchev–Trinajstić information content (AvgIpc) is 3.11. The van der Waals surface area contributed by atoms with Crippen molar-refractivity contribution in [3.05, 3.63) is 106 Å². The van der Waals surface area contributed by atoms with E-state index in [9.17, 15) is 4.79 Å². The van der Waals surface area contributed by atoms with E-state index in [2.05, 4.69) is 34.6 Å². The van der Waals surface area contributed by atoms with Gasteiger partial charge in [0.2, 0.25) is 5.78 Å². The molecule has 174 valence electrons. The van der Waals surface area contributed by atoms with Gasteiger partial charge in [-0.15, -0.1) is 0 Å². The van der Waals surface area contributed by atoms with Crippen LogP contribution in [0.3, 0.4) is 0 Å². The number of carbonyl (C=O) groups excluding carboxylic acids is 1. The molecule has 0 aliphatic carbocycles. The smallest absolute Gasteiger partial charge is 0.208 e. The largest absolute Gasteiger partial charge is 0.366 e. The lowest BCUT2D eigenvalue weighted by Gasteiger charge is -2.36. The minimum Gasteiger partial charge on any atom is -0.366 e. The van der Waals surface area contributed by atoms with Gasteiger partial charge >= 0.3 is 0 Å². The fraction of sp³-hybridized carbons (Fsp3) is 0.185. The first-order valence-electron chi connectivity index (χ1n) is 10.9. The van der Waals surface area contributed by atoms with Crippen molar-refractivity contribution >= 4 is 57.7 Å². The van der Waals surface area contributed by atoms with Gasteiger partial charge in [-0.25, -0.2) is 0 Å². The molecule has 1 heterocycles. The molecule has 2 N–H and O–H groups in total. The van der Waals surface area contributed by atoms with E-state index in [0.29, 0.717) is 20.7 Å². The van der Waals surface area contributed by atoms with Crippen molar-refractivity contribution in [2.24, 2.45) is 0 Å². The van der Waals surface area contributed by atoms with Gasteiger partial charge in [-0.2, -0.15) is 0 Å². The number of para-hydroxylation sites is 1. The summed E-state index contributed by atoms with van der Waals surface area (Å²) >= 11 is 17.6. The minimum absolute atomic E-state index is 0.0157. The molecule has 0 amide bonds. The summed E-state index contributed by atoms with van der Waals surface area (Å²) < 4.78 is 0. The van der Waals surface area contributed by atoms with Crippen LogP contribution in [-0.2, 0) is 6.42 Å². The molecule has 1 unspecified atom stereocenters. The lowest BCUT2D eigenvalue weighted by molar-refractivity contribution is 0.0967. The van der Waals surface area contributed by atoms with E-state index in [4.69, 9.17) is 35.4 Å². The number of carbonyl (C=O) groups is 1. The predicted molar refractivity (Wildman–Crippen MR) is 146 cm³/mol. The number of hydrogen-bond donors (Lipinski definition) is 2. The van der Waals surface area contributed by atoms with Gasteiger partial charge in [0, 0.05) is 28.9 Å². The molecule has 0 saturated carbocycles. The fourth-order valence-corrected chi connectivity index (χ4v) is 4.60. The molecule has 0 fully saturated rings. The van der Waals surface area contributed by atoms with Crippen molar-refractivity contribution in [3.63, 3.8) is 0 Å². The molecule has 4 rings (SSSR count). The van der Waals surface area contributed by atoms with Crippen LogP contribution >= 0.6 is 35.4 Å². The van der Waals surface area contributed by atoms with Crippen LogP contribution < -0.4 is 10.6 Å². The van der Waals surface area contributed by atoms with Gasteiger partial charge in [-0.3, -0.25) is 4.79 Å². The Balaban J connectivity index is 1.37. The number of nitrogens with one attached hydrogen (secondary N) is 2. The number of halogens is 2. The van der Waals surface area contributed by atoms with Crippen LogP contribution in [0.15, 0.2) is 84.6 Å². The van der Waals surface area contributed by atoms with E-state index in [0.717, 1.165) is 29.9 Å². The molecule has 4 nitrogen and oxygen atoms in total. The second-order valence-electron chi connectivity index (χ2n) is 8.62. The molecule has 0 saturated heterocycles. The number of allylic oxidation sites excluding steroid dienone is 1. The molecule has 0 spiro atoms. The molecular weight excluding hydrogens is 485 g/mol. The third-order valence-corrected chi connectivity index (χ3v) is 6.95. The number of rotatable bonds is 6. The van der Waals surface area contributed by atoms with Crippen molar-refractivity contribution in [1.82, 2.24) is 4.90 Å². The van der Waals surface area contributed by atoms with E-state index in [1.165, 1.54) is 5.56 Å². The molecule has 0 bridgehead atoms. The molecule has 34 heavy (non-hydrogen) atoms. The molecule has 3 aromatic carbocycles. The highest BCUT2D eigenvalue weighted by molar-refractivity contribution is 7.80. The lowest BCUT2D eigenvalue weighted by Crippen LogP contribution is -2.42. The highest BCUT2D eigenvalue weighted by atomic mass is 35.5. The second-order valence-corrected chi connectivity index (χ2v) is 9.87. The Morgan fingerprint density at radius 3 is 2.35 bits per heavy atom. The number of thiocarbonyl (C=S) groups is 1. The van der Waals surface area contributed by atoms with Crippen molar-refractivity contribution in [1.29, 1.82) is 0 Å². The van der Waals surface area contributed by atoms with Crippen LogP contribution in [0.25, 0.3) is 0 Å². The van der Waals surface area contributed by atoms with E-state index in [-0.39, 0.29) is 11.3 Å². The zero-order valence-corrected chi connectivity index (χ0v) is 21.3. The van der Waals surface area contributed by atoms with E-state index < -0.39 is 0 Å². The molecule has 0 radical (unpaired) electrons. The maximum absolute atomic E-state index is 13.0. The summed E-state index contributed by atoms with van der Waals surface area (Å²) in [6, 6.07) is 22.6. The standard InChI is InChI=1S/C27H25Cl2N3OS/c1-27(16-15-24(32(27)2)25(33)19-9-11-20(28)12-10-19)17-18-7-13-21(14-8-18)30-26(34)31-23-6-4-3-5-22(23)29/h3-15H,16-17H2,1-2H3,(H2,30,31,34). The Morgan fingerprint density at radius 1 is 1.00 bits per heavy atom. The second kappa shape index (κ2) is 10.2. The van der Waals surface area contributed by atoms with E-state index in [1.807, 2.05) is 49.5 Å². The maximum Gasteiger partial charge on any atom is 0.208 e. The number of benzene rings is 3. The van der Waals surface area contributed by atoms with E-state index >= 15 is 0 Å². The molecule has 0 aromatic heterocycles. The first-order valence-corrected chi connectivity index (χ1v) is 12.1. The van der Waals surface area contributed by atoms with Crippen molar-refractivity contribution in [2.45, 2.75) is 25.3 Å². The van der Waals surface area contributed by atoms with Gasteiger partial charge < -0.3 is 15.5 Å². The minimum atomic E-state index is -0.187. The average molecular weight is 510 g/mol. The fourth-order valence-electron chi connectivity index (χ4n) is 4.06. The quantitative estimate of drug-likeness (QED) is 0.271. The number of ketones is 1. The monoisotopic (exact) mass is 509 g/mol. The van der Waals surface area contributed by atoms with Crippen molar-refractivity contribution in [2.75, 3.05) is 17.7 Å². The van der Waals surface area contributed by atoms with Gasteiger partial charge in [0.15, 0.2) is 5.11 Å². The summed E-state index contributed by atoms with van der Waals surface area (Å²) in [4.78, 5) is 15.1. The SMILES string of the molecule is CN1C(C(=O)c2ccc(Cl)cc2)=CCC1(C)Cc1ccc(NC(=S)Nc2ccccc2Cl)cc1. The number of likely N-dealkylation sites (N-methyl/N-ethyl adjacent to an activating group) is 1. The number of hydrogen-bond acceptors (Lipinski definition) is 3. The van der Waals surface area contributed by atoms with Crippen LogP contribution in [0.5, 0.6) is 0 Å². The van der Waals surface area contributed by atoms with Crippen LogP contribution in [0, 0.1) is 0 Å². The van der Waals surface area contributed by atoms with Gasteiger partial charge in [0.1, 0.15) is 0 Å². The van der Waals surface area contributed by atoms with Crippen LogP contribution in [0.4, 0.5) is 11.4 Å². The van der Waals surface area contributed by atoms with Crippen LogP contribution in [-0.4, -0.2) is 28.4 Å². The van der Waals surface area contributed by atoms with Gasteiger partial charge in [0.25, 0.3) is 0 Å². The summed E-state index contributed by atoms with van der Waals surface area (Å²) in [5, 5.41) is 8.00. The molecule has 7 heteroatoms. The normalized spacial score (nSPS) is 17.3. The summed E-state index contributed by atoms with van der Waals surface area (Å²) in [5.74, 6) is 0.0157. The summed E-state index contributed by atoms with van der Waals surface area (Å²) in [5.41, 5.74) is 4.00. The van der Waals surface area contributed by atoms with Crippen molar-refractivity contribution < 1.29 is 4.79 Å². The molecule has 3 aromatic rings. The number of anilines is 2. The lowest BCUT2D eigenvalue weighted by atomic mass is 9.90. The molecular formula is C27H25Cl2N3OS. The third-order valence-electron chi connectivity index (χ3n) is 6.16. The van der Waals surface area contributed by atoms with Crippen molar-refractivity contribution in [3.8, 4) is 0 Å². The Bertz CT molecular complexity index is 1240. The summed E-state index contributed by atoms with van der Waals surface area (Å²) in [7, 11) is 1.99. The third kappa shape index (κ3) is 5.44. The first kappa shape index (κ1) is 24.3. The van der Waals surface area contributed by atoms with Crippen LogP contribution in [0.2, 0.25) is 10.0 Å². The highest BCUT2D eigenvalue weighted by Gasteiger charge is 2.37. The Hall–Kier alpha value is -2.86. The Kier molecular flexibility index (Phi) is 7.27. The van der Waals surface area contributed by atoms with E-state index in [1.54, 1.807) is 24.3 Å². The van der Waals surface area contributed by atoms with Gasteiger partial charge in [0.05, 0.1) is 16.4 Å². The topological polar surface area (TPSA) is 44.4 Å². The predicted octanol–water partition coefficient (Wildman–Crippen LogP) is 7.21. The molecule has 1 atom stereocenters. The zero-order chi connectivity index (χ0) is 24.3.